The molecule has 0 aliphatic carbocycles. The normalized spacial score (nSPS) is 14.7. The van der Waals surface area contributed by atoms with Gasteiger partial charge in [-0.1, -0.05) is 12.1 Å². The number of ether oxygens (including phenoxy) is 1. The lowest BCUT2D eigenvalue weighted by molar-refractivity contribution is 0.0337. The fourth-order valence-corrected chi connectivity index (χ4v) is 4.26. The van der Waals surface area contributed by atoms with Gasteiger partial charge in [-0.2, -0.15) is 4.98 Å². The van der Waals surface area contributed by atoms with E-state index in [2.05, 4.69) is 41.2 Å². The number of hydrogen-bond acceptors (Lipinski definition) is 5. The van der Waals surface area contributed by atoms with Crippen LogP contribution in [0.3, 0.4) is 0 Å². The number of nitrogens with one attached hydrogen (secondary N) is 1. The number of aromatic nitrogens is 3. The van der Waals surface area contributed by atoms with Gasteiger partial charge in [-0.3, -0.25) is 9.47 Å². The zero-order valence-electron chi connectivity index (χ0n) is 19.2. The summed E-state index contributed by atoms with van der Waals surface area (Å²) >= 11 is 0. The maximum atomic E-state index is 15.0. The van der Waals surface area contributed by atoms with Crippen LogP contribution in [-0.4, -0.2) is 45.7 Å². The van der Waals surface area contributed by atoms with E-state index >= 15 is 4.39 Å². The van der Waals surface area contributed by atoms with Gasteiger partial charge in [0.1, 0.15) is 11.5 Å². The van der Waals surface area contributed by atoms with Crippen molar-refractivity contribution in [2.75, 3.05) is 31.6 Å². The number of morpholine rings is 1. The van der Waals surface area contributed by atoms with Gasteiger partial charge >= 0.3 is 0 Å². The zero-order chi connectivity index (χ0) is 22.9. The number of nitrogens with zero attached hydrogens (tertiary/aromatic N) is 4. The monoisotopic (exact) mass is 445 g/mol. The molecule has 3 heterocycles. The lowest BCUT2D eigenvalue weighted by Crippen LogP contribution is -2.35. The summed E-state index contributed by atoms with van der Waals surface area (Å²) in [6.07, 6.45) is 1.80. The van der Waals surface area contributed by atoms with Gasteiger partial charge in [0.05, 0.1) is 18.9 Å². The van der Waals surface area contributed by atoms with E-state index in [1.807, 2.05) is 35.8 Å². The first kappa shape index (κ1) is 21.6. The summed E-state index contributed by atoms with van der Waals surface area (Å²) in [4.78, 5) is 11.5. The standard InChI is InChI=1S/C26H28FN5O/c1-17-4-6-22(12-18(17)2)29-26-28-15-21-13-19(3)32(25(21)30-26)23-7-5-20(24(27)14-23)16-31-8-10-33-11-9-31/h4-7,12-15H,8-11,16H2,1-3H3,(H,28,29,30). The Morgan fingerprint density at radius 1 is 1.00 bits per heavy atom. The molecule has 0 amide bonds. The molecule has 0 saturated carbocycles. The number of aryl methyl sites for hydroxylation is 3. The molecule has 0 radical (unpaired) electrons. The molecule has 170 valence electrons. The SMILES string of the molecule is Cc1ccc(Nc2ncc3cc(C)n(-c4ccc(CN5CCOCC5)c(F)c4)c3n2)cc1C. The molecule has 1 aliphatic rings. The van der Waals surface area contributed by atoms with Gasteiger partial charge < -0.3 is 10.1 Å². The zero-order valence-corrected chi connectivity index (χ0v) is 19.2. The van der Waals surface area contributed by atoms with E-state index < -0.39 is 0 Å². The van der Waals surface area contributed by atoms with Gasteiger partial charge in [0, 0.05) is 48.2 Å². The van der Waals surface area contributed by atoms with Crippen molar-refractivity contribution in [1.29, 1.82) is 0 Å². The van der Waals surface area contributed by atoms with Gasteiger partial charge in [0.2, 0.25) is 5.95 Å². The lowest BCUT2D eigenvalue weighted by Gasteiger charge is -2.26. The minimum Gasteiger partial charge on any atom is -0.379 e. The summed E-state index contributed by atoms with van der Waals surface area (Å²) in [5.74, 6) is 0.303. The maximum Gasteiger partial charge on any atom is 0.229 e. The average Bonchev–Trinajstić information content (AvgIpc) is 3.13. The first-order valence-corrected chi connectivity index (χ1v) is 11.3. The minimum absolute atomic E-state index is 0.206. The smallest absolute Gasteiger partial charge is 0.229 e. The molecule has 4 aromatic rings. The second-order valence-corrected chi connectivity index (χ2v) is 8.68. The third-order valence-corrected chi connectivity index (χ3v) is 6.28. The third kappa shape index (κ3) is 4.47. The Labute approximate surface area is 193 Å². The summed E-state index contributed by atoms with van der Waals surface area (Å²) in [5.41, 5.74) is 6.54. The first-order valence-electron chi connectivity index (χ1n) is 11.3. The maximum absolute atomic E-state index is 15.0. The van der Waals surface area contributed by atoms with E-state index in [1.54, 1.807) is 12.3 Å². The fraction of sp³-hybridized carbons (Fsp3) is 0.308. The highest BCUT2D eigenvalue weighted by molar-refractivity contribution is 5.80. The predicted octanol–water partition coefficient (Wildman–Crippen LogP) is 5.06. The molecule has 1 aliphatic heterocycles. The molecular weight excluding hydrogens is 417 g/mol. The molecule has 2 aromatic carbocycles. The first-order chi connectivity index (χ1) is 16.0. The van der Waals surface area contributed by atoms with Gasteiger partial charge in [-0.05, 0) is 62.2 Å². The highest BCUT2D eigenvalue weighted by Gasteiger charge is 2.16. The Balaban J connectivity index is 1.45. The molecule has 0 atom stereocenters. The van der Waals surface area contributed by atoms with Gasteiger partial charge in [0.25, 0.3) is 0 Å². The summed E-state index contributed by atoms with van der Waals surface area (Å²) in [6.45, 7) is 9.81. The van der Waals surface area contributed by atoms with Crippen LogP contribution in [0.25, 0.3) is 16.7 Å². The molecular formula is C26H28FN5O. The number of hydrogen-bond donors (Lipinski definition) is 1. The van der Waals surface area contributed by atoms with E-state index in [4.69, 9.17) is 9.72 Å². The fourth-order valence-electron chi connectivity index (χ4n) is 4.26. The second-order valence-electron chi connectivity index (χ2n) is 8.68. The summed E-state index contributed by atoms with van der Waals surface area (Å²) in [5, 5.41) is 4.21. The Kier molecular flexibility index (Phi) is 5.83. The predicted molar refractivity (Wildman–Crippen MR) is 129 cm³/mol. The molecule has 5 rings (SSSR count). The van der Waals surface area contributed by atoms with Crippen molar-refractivity contribution in [2.45, 2.75) is 27.3 Å². The topological polar surface area (TPSA) is 55.2 Å². The van der Waals surface area contributed by atoms with Crippen LogP contribution in [0.5, 0.6) is 0 Å². The second kappa shape index (κ2) is 8.92. The molecule has 1 saturated heterocycles. The van der Waals surface area contributed by atoms with E-state index in [0.717, 1.165) is 41.2 Å². The van der Waals surface area contributed by atoms with Crippen molar-refractivity contribution in [2.24, 2.45) is 0 Å². The van der Waals surface area contributed by atoms with Crippen LogP contribution >= 0.6 is 0 Å². The van der Waals surface area contributed by atoms with Crippen molar-refractivity contribution < 1.29 is 9.13 Å². The van der Waals surface area contributed by atoms with Crippen LogP contribution in [0.1, 0.15) is 22.4 Å². The van der Waals surface area contributed by atoms with Crippen LogP contribution in [-0.2, 0) is 11.3 Å². The largest absolute Gasteiger partial charge is 0.379 e. The van der Waals surface area contributed by atoms with Crippen molar-refractivity contribution in [1.82, 2.24) is 19.4 Å². The molecule has 0 unspecified atom stereocenters. The Bertz CT molecular complexity index is 1310. The van der Waals surface area contributed by atoms with Crippen LogP contribution in [0, 0.1) is 26.6 Å². The highest BCUT2D eigenvalue weighted by Crippen LogP contribution is 2.26. The van der Waals surface area contributed by atoms with Crippen LogP contribution < -0.4 is 5.32 Å². The minimum atomic E-state index is -0.206. The van der Waals surface area contributed by atoms with E-state index in [9.17, 15) is 0 Å². The number of rotatable bonds is 5. The molecule has 0 bridgehead atoms. The Morgan fingerprint density at radius 3 is 2.58 bits per heavy atom. The summed E-state index contributed by atoms with van der Waals surface area (Å²) in [6, 6.07) is 13.6. The van der Waals surface area contributed by atoms with Crippen molar-refractivity contribution in [3.05, 3.63) is 76.9 Å². The Morgan fingerprint density at radius 2 is 1.82 bits per heavy atom. The van der Waals surface area contributed by atoms with Gasteiger partial charge in [-0.15, -0.1) is 0 Å². The van der Waals surface area contributed by atoms with Gasteiger partial charge in [-0.25, -0.2) is 9.37 Å². The highest BCUT2D eigenvalue weighted by atomic mass is 19.1. The molecule has 0 spiro atoms. The number of fused-ring (bicyclic) bond motifs is 1. The van der Waals surface area contributed by atoms with E-state index in [-0.39, 0.29) is 5.82 Å². The molecule has 7 heteroatoms. The number of benzene rings is 2. The number of halogens is 1. The van der Waals surface area contributed by atoms with Gasteiger partial charge in [0.15, 0.2) is 0 Å². The number of anilines is 2. The third-order valence-electron chi connectivity index (χ3n) is 6.28. The van der Waals surface area contributed by atoms with E-state index in [0.29, 0.717) is 31.3 Å². The van der Waals surface area contributed by atoms with Crippen LogP contribution in [0.15, 0.2) is 48.7 Å². The molecule has 6 nitrogen and oxygen atoms in total. The average molecular weight is 446 g/mol. The summed E-state index contributed by atoms with van der Waals surface area (Å²) in [7, 11) is 0. The summed E-state index contributed by atoms with van der Waals surface area (Å²) < 4.78 is 22.4. The lowest BCUT2D eigenvalue weighted by atomic mass is 10.1. The molecule has 1 N–H and O–H groups in total. The molecule has 1 fully saturated rings. The van der Waals surface area contributed by atoms with E-state index in [1.165, 1.54) is 11.1 Å². The molecule has 33 heavy (non-hydrogen) atoms. The molecule has 2 aromatic heterocycles. The van der Waals surface area contributed by atoms with Crippen molar-refractivity contribution in [3.8, 4) is 5.69 Å². The van der Waals surface area contributed by atoms with Crippen molar-refractivity contribution in [3.63, 3.8) is 0 Å². The van der Waals surface area contributed by atoms with Crippen LogP contribution in [0.4, 0.5) is 16.0 Å². The quantitative estimate of drug-likeness (QED) is 0.465. The van der Waals surface area contributed by atoms with Crippen LogP contribution in [0.2, 0.25) is 0 Å². The van der Waals surface area contributed by atoms with Crippen molar-refractivity contribution >= 4 is 22.7 Å². The Hall–Kier alpha value is -3.29.